The van der Waals surface area contributed by atoms with E-state index < -0.39 is 0 Å². The van der Waals surface area contributed by atoms with Gasteiger partial charge in [-0.3, -0.25) is 4.79 Å². The van der Waals surface area contributed by atoms with Crippen LogP contribution in [-0.4, -0.2) is 39.9 Å². The van der Waals surface area contributed by atoms with Crippen LogP contribution >= 0.6 is 0 Å². The van der Waals surface area contributed by atoms with Crippen molar-refractivity contribution in [2.75, 3.05) is 13.2 Å². The van der Waals surface area contributed by atoms with Gasteiger partial charge in [-0.15, -0.1) is 10.2 Å². The summed E-state index contributed by atoms with van der Waals surface area (Å²) in [4.78, 5) is 12.7. The molecule has 1 atom stereocenters. The van der Waals surface area contributed by atoms with Crippen LogP contribution in [0.4, 0.5) is 0 Å². The van der Waals surface area contributed by atoms with Gasteiger partial charge in [0.2, 0.25) is 18.1 Å². The van der Waals surface area contributed by atoms with Crippen molar-refractivity contribution < 1.29 is 18.7 Å². The number of carbonyl (C=O) groups excluding carboxylic acids is 1. The molecule has 0 amide bonds. The van der Waals surface area contributed by atoms with E-state index in [0.29, 0.717) is 17.2 Å². The molecule has 0 bridgehead atoms. The monoisotopic (exact) mass is 381 g/mol. The number of hydrogen-bond donors (Lipinski definition) is 0. The highest BCUT2D eigenvalue weighted by Gasteiger charge is 2.21. The van der Waals surface area contributed by atoms with Gasteiger partial charge >= 0.3 is 0 Å². The zero-order valence-corrected chi connectivity index (χ0v) is 16.1. The predicted molar refractivity (Wildman–Crippen MR) is 102 cm³/mol. The van der Waals surface area contributed by atoms with Crippen molar-refractivity contribution in [2.45, 2.75) is 39.3 Å². The maximum Gasteiger partial charge on any atom is 0.247 e. The molecule has 146 valence electrons. The number of benzene rings is 1. The number of aryl methyl sites for hydroxylation is 1. The summed E-state index contributed by atoms with van der Waals surface area (Å²) >= 11 is 0. The average Bonchev–Trinajstić information content (AvgIpc) is 3.46. The lowest BCUT2D eigenvalue weighted by molar-refractivity contribution is 0.0914. The van der Waals surface area contributed by atoms with Crippen LogP contribution in [0.3, 0.4) is 0 Å². The first-order valence-electron chi connectivity index (χ1n) is 9.43. The molecular weight excluding hydrogens is 358 g/mol. The van der Waals surface area contributed by atoms with Gasteiger partial charge in [-0.25, -0.2) is 0 Å². The van der Waals surface area contributed by atoms with Gasteiger partial charge < -0.3 is 18.5 Å². The van der Waals surface area contributed by atoms with Crippen LogP contribution in [0.15, 0.2) is 41.1 Å². The summed E-state index contributed by atoms with van der Waals surface area (Å²) in [5.74, 6) is 1.03. The van der Waals surface area contributed by atoms with Gasteiger partial charge in [0.25, 0.3) is 0 Å². The van der Waals surface area contributed by atoms with Crippen molar-refractivity contribution in [3.8, 4) is 17.2 Å². The third-order valence-electron chi connectivity index (χ3n) is 5.12. The molecule has 3 heterocycles. The van der Waals surface area contributed by atoms with E-state index in [0.717, 1.165) is 42.9 Å². The summed E-state index contributed by atoms with van der Waals surface area (Å²) in [6.07, 6.45) is 3.70. The highest BCUT2D eigenvalue weighted by atomic mass is 16.5. The topological polar surface area (TPSA) is 79.4 Å². The number of carbonyl (C=O) groups is 1. The largest absolute Gasteiger partial charge is 0.485 e. The molecule has 3 aromatic rings. The van der Waals surface area contributed by atoms with Crippen LogP contribution in [0, 0.1) is 13.8 Å². The third-order valence-corrected chi connectivity index (χ3v) is 5.12. The van der Waals surface area contributed by atoms with Gasteiger partial charge in [-0.05, 0) is 57.0 Å². The lowest BCUT2D eigenvalue weighted by atomic mass is 10.1. The molecule has 1 aliphatic heterocycles. The molecule has 28 heavy (non-hydrogen) atoms. The zero-order valence-electron chi connectivity index (χ0n) is 16.1. The lowest BCUT2D eigenvalue weighted by Crippen LogP contribution is -2.18. The van der Waals surface area contributed by atoms with Gasteiger partial charge in [0, 0.05) is 35.7 Å². The van der Waals surface area contributed by atoms with Crippen molar-refractivity contribution in [1.29, 1.82) is 0 Å². The molecule has 7 nitrogen and oxygen atoms in total. The highest BCUT2D eigenvalue weighted by Crippen LogP contribution is 2.22. The number of aromatic nitrogens is 3. The summed E-state index contributed by atoms with van der Waals surface area (Å²) in [5.41, 5.74) is 3.54. The van der Waals surface area contributed by atoms with Crippen molar-refractivity contribution in [2.24, 2.45) is 0 Å². The number of hydrogen-bond acceptors (Lipinski definition) is 6. The van der Waals surface area contributed by atoms with E-state index in [2.05, 4.69) is 14.8 Å². The van der Waals surface area contributed by atoms with E-state index in [4.69, 9.17) is 13.9 Å². The van der Waals surface area contributed by atoms with Crippen LogP contribution in [0.2, 0.25) is 0 Å². The van der Waals surface area contributed by atoms with E-state index >= 15 is 0 Å². The van der Waals surface area contributed by atoms with Crippen molar-refractivity contribution >= 4 is 5.78 Å². The fourth-order valence-corrected chi connectivity index (χ4v) is 3.58. The fourth-order valence-electron chi connectivity index (χ4n) is 3.58. The van der Waals surface area contributed by atoms with Crippen molar-refractivity contribution in [3.63, 3.8) is 0 Å². The molecule has 1 fully saturated rings. The Morgan fingerprint density at radius 2 is 2.11 bits per heavy atom. The molecule has 1 aromatic carbocycles. The Bertz CT molecular complexity index is 939. The quantitative estimate of drug-likeness (QED) is 0.582. The van der Waals surface area contributed by atoms with Gasteiger partial charge in [-0.2, -0.15) is 0 Å². The summed E-state index contributed by atoms with van der Waals surface area (Å²) < 4.78 is 18.7. The van der Waals surface area contributed by atoms with Gasteiger partial charge in [-0.1, -0.05) is 0 Å². The molecule has 1 saturated heterocycles. The van der Waals surface area contributed by atoms with Crippen molar-refractivity contribution in [3.05, 3.63) is 53.7 Å². The Morgan fingerprint density at radius 1 is 1.29 bits per heavy atom. The van der Waals surface area contributed by atoms with Gasteiger partial charge in [0.05, 0.1) is 6.10 Å². The van der Waals surface area contributed by atoms with Crippen LogP contribution in [0.1, 0.15) is 34.6 Å². The third kappa shape index (κ3) is 3.84. The molecule has 0 N–H and O–H groups in total. The zero-order chi connectivity index (χ0) is 19.5. The van der Waals surface area contributed by atoms with Crippen LogP contribution < -0.4 is 4.74 Å². The molecule has 2 aromatic heterocycles. The molecule has 0 saturated carbocycles. The van der Waals surface area contributed by atoms with Gasteiger partial charge in [0.15, 0.2) is 6.61 Å². The van der Waals surface area contributed by atoms with Crippen molar-refractivity contribution in [1.82, 2.24) is 14.8 Å². The highest BCUT2D eigenvalue weighted by molar-refractivity contribution is 5.98. The first kappa shape index (κ1) is 18.4. The summed E-state index contributed by atoms with van der Waals surface area (Å²) in [6, 6.07) is 9.15. The van der Waals surface area contributed by atoms with Crippen LogP contribution in [0.5, 0.6) is 5.75 Å². The summed E-state index contributed by atoms with van der Waals surface area (Å²) in [5, 5.41) is 7.53. The van der Waals surface area contributed by atoms with E-state index in [1.807, 2.05) is 32.0 Å². The standard InChI is InChI=1S/C21H23N3O4/c1-14-10-19(15(2)24(14)11-18-4-3-9-26-18)20(25)12-27-17-7-5-16(6-8-17)21-23-22-13-28-21/h5-8,10,13,18H,3-4,9,11-12H2,1-2H3. The van der Waals surface area contributed by atoms with E-state index in [1.165, 1.54) is 6.39 Å². The number of Topliss-reactive ketones (excluding diaryl/α,β-unsaturated/α-hetero) is 1. The first-order chi connectivity index (χ1) is 13.6. The Hall–Kier alpha value is -2.93. The minimum absolute atomic E-state index is 0.00980. The smallest absolute Gasteiger partial charge is 0.247 e. The average molecular weight is 381 g/mol. The molecular formula is C21H23N3O4. The molecule has 1 aliphatic rings. The molecule has 0 aliphatic carbocycles. The van der Waals surface area contributed by atoms with Crippen LogP contribution in [-0.2, 0) is 11.3 Å². The number of rotatable bonds is 7. The van der Waals surface area contributed by atoms with E-state index in [-0.39, 0.29) is 18.5 Å². The Labute approximate surface area is 163 Å². The lowest BCUT2D eigenvalue weighted by Gasteiger charge is -2.14. The van der Waals surface area contributed by atoms with E-state index in [9.17, 15) is 4.79 Å². The maximum absolute atomic E-state index is 12.7. The Morgan fingerprint density at radius 3 is 2.79 bits per heavy atom. The number of nitrogens with zero attached hydrogens (tertiary/aromatic N) is 3. The summed E-state index contributed by atoms with van der Waals surface area (Å²) in [6.45, 7) is 5.62. The minimum Gasteiger partial charge on any atom is -0.485 e. The van der Waals surface area contributed by atoms with Gasteiger partial charge in [0.1, 0.15) is 5.75 Å². The molecule has 4 rings (SSSR count). The first-order valence-corrected chi connectivity index (χ1v) is 9.43. The summed E-state index contributed by atoms with van der Waals surface area (Å²) in [7, 11) is 0. The second kappa shape index (κ2) is 7.98. The Balaban J connectivity index is 1.39. The van der Waals surface area contributed by atoms with E-state index in [1.54, 1.807) is 12.1 Å². The second-order valence-electron chi connectivity index (χ2n) is 7.01. The maximum atomic E-state index is 12.7. The number of ketones is 1. The molecule has 7 heteroatoms. The number of ether oxygens (including phenoxy) is 2. The molecule has 0 spiro atoms. The molecule has 1 unspecified atom stereocenters. The second-order valence-corrected chi connectivity index (χ2v) is 7.01. The fraction of sp³-hybridized carbons (Fsp3) is 0.381. The minimum atomic E-state index is -0.0346. The van der Waals surface area contributed by atoms with Crippen LogP contribution in [0.25, 0.3) is 11.5 Å². The Kier molecular flexibility index (Phi) is 5.25. The normalized spacial score (nSPS) is 16.4. The molecule has 0 radical (unpaired) electrons. The SMILES string of the molecule is Cc1cc(C(=O)COc2ccc(-c3nnco3)cc2)c(C)n1CC1CCCO1. The predicted octanol–water partition coefficient (Wildman–Crippen LogP) is 3.60.